The van der Waals surface area contributed by atoms with Gasteiger partial charge in [-0.2, -0.15) is 0 Å². The molecular weight excluding hydrogens is 138 g/mol. The molecule has 1 heterocycles. The van der Waals surface area contributed by atoms with E-state index in [4.69, 9.17) is 0 Å². The van der Waals surface area contributed by atoms with E-state index in [1.807, 2.05) is 13.0 Å². The Kier molecular flexibility index (Phi) is 2.40. The van der Waals surface area contributed by atoms with Gasteiger partial charge in [-0.05, 0) is 24.5 Å². The van der Waals surface area contributed by atoms with Crippen LogP contribution >= 0.6 is 0 Å². The van der Waals surface area contributed by atoms with Gasteiger partial charge in [0.15, 0.2) is 6.29 Å². The summed E-state index contributed by atoms with van der Waals surface area (Å²) < 4.78 is 0. The number of aromatic nitrogens is 1. The van der Waals surface area contributed by atoms with Gasteiger partial charge in [0.2, 0.25) is 0 Å². The van der Waals surface area contributed by atoms with E-state index in [0.29, 0.717) is 6.29 Å². The third-order valence-electron chi connectivity index (χ3n) is 1.30. The number of hydrogen-bond acceptors (Lipinski definition) is 2. The summed E-state index contributed by atoms with van der Waals surface area (Å²) in [7, 11) is 0. The molecule has 0 N–H and O–H groups in total. The topological polar surface area (TPSA) is 30.0 Å². The molecule has 0 bridgehead atoms. The average Bonchev–Trinajstić information content (AvgIpc) is 2.03. The molecule has 2 heteroatoms. The highest BCUT2D eigenvalue weighted by atomic mass is 16.1. The summed E-state index contributed by atoms with van der Waals surface area (Å²) in [5.41, 5.74) is 1.84. The minimum Gasteiger partial charge on any atom is -0.289 e. The van der Waals surface area contributed by atoms with Gasteiger partial charge in [-0.25, -0.2) is 0 Å². The molecule has 0 spiro atoms. The summed E-state index contributed by atoms with van der Waals surface area (Å²) in [6.07, 6.45) is 3.92. The number of hydrogen-bond donors (Lipinski definition) is 0. The normalized spacial score (nSPS) is 8.09. The van der Waals surface area contributed by atoms with Crippen LogP contribution in [0.2, 0.25) is 0 Å². The number of carbonyl (C=O) groups is 1. The Morgan fingerprint density at radius 2 is 2.45 bits per heavy atom. The number of rotatable bonds is 0. The predicted octanol–water partition coefficient (Wildman–Crippen LogP) is 0.940. The molecule has 0 aliphatic carbocycles. The molecule has 0 saturated heterocycles. The van der Waals surface area contributed by atoms with Crippen molar-refractivity contribution >= 4 is 6.29 Å². The van der Waals surface area contributed by atoms with Crippen LogP contribution in [0.15, 0.2) is 18.5 Å². The minimum atomic E-state index is 0.576. The molecule has 0 fully saturated rings. The molecule has 0 radical (unpaired) electrons. The first-order valence-corrected chi connectivity index (χ1v) is 3.20. The molecule has 0 saturated carbocycles. The van der Waals surface area contributed by atoms with Crippen molar-refractivity contribution in [2.24, 2.45) is 0 Å². The van der Waals surface area contributed by atoms with Gasteiger partial charge in [0.1, 0.15) is 0 Å². The summed E-state index contributed by atoms with van der Waals surface area (Å²) in [5, 5.41) is 0. The number of aldehydes is 1. The van der Waals surface area contributed by atoms with Crippen LogP contribution in [-0.4, -0.2) is 11.3 Å². The van der Waals surface area contributed by atoms with E-state index < -0.39 is 0 Å². The van der Waals surface area contributed by atoms with Crippen molar-refractivity contribution in [1.29, 1.82) is 0 Å². The fraction of sp³-hybridized carbons (Fsp3) is 0.111. The minimum absolute atomic E-state index is 0.576. The van der Waals surface area contributed by atoms with Gasteiger partial charge in [-0.15, -0.1) is 0 Å². The van der Waals surface area contributed by atoms with Gasteiger partial charge >= 0.3 is 0 Å². The van der Waals surface area contributed by atoms with Crippen molar-refractivity contribution in [3.05, 3.63) is 29.6 Å². The quantitative estimate of drug-likeness (QED) is 0.401. The van der Waals surface area contributed by atoms with Gasteiger partial charge < -0.3 is 0 Å². The maximum atomic E-state index is 9.90. The second-order valence-corrected chi connectivity index (χ2v) is 2.08. The van der Waals surface area contributed by atoms with Crippen molar-refractivity contribution in [2.45, 2.75) is 6.92 Å². The molecule has 11 heavy (non-hydrogen) atoms. The zero-order chi connectivity index (χ0) is 8.10. The highest BCUT2D eigenvalue weighted by Gasteiger charge is 1.89. The largest absolute Gasteiger partial charge is 0.289 e. The third kappa shape index (κ3) is 1.91. The van der Waals surface area contributed by atoms with E-state index in [-0.39, 0.29) is 0 Å². The Morgan fingerprint density at radius 3 is 3.09 bits per heavy atom. The molecule has 1 aromatic rings. The van der Waals surface area contributed by atoms with E-state index in [2.05, 4.69) is 16.8 Å². The Hall–Kier alpha value is -1.62. The monoisotopic (exact) mass is 145 g/mol. The van der Waals surface area contributed by atoms with Crippen LogP contribution in [0, 0.1) is 18.8 Å². The molecule has 1 aromatic heterocycles. The SMILES string of the molecule is Cc1ccncc1C#CC=O. The summed E-state index contributed by atoms with van der Waals surface area (Å²) in [5.74, 6) is 5.02. The molecule has 54 valence electrons. The summed E-state index contributed by atoms with van der Waals surface area (Å²) in [6.45, 7) is 1.93. The lowest BCUT2D eigenvalue weighted by atomic mass is 10.2. The maximum absolute atomic E-state index is 9.90. The summed E-state index contributed by atoms with van der Waals surface area (Å²) in [6, 6.07) is 1.86. The molecule has 1 rings (SSSR count). The van der Waals surface area contributed by atoms with Gasteiger partial charge in [-0.1, -0.05) is 5.92 Å². The van der Waals surface area contributed by atoms with Crippen LogP contribution in [0.25, 0.3) is 0 Å². The average molecular weight is 145 g/mol. The zero-order valence-corrected chi connectivity index (χ0v) is 6.16. The van der Waals surface area contributed by atoms with Gasteiger partial charge in [0, 0.05) is 18.0 Å². The molecule has 0 aliphatic rings. The molecule has 0 amide bonds. The van der Waals surface area contributed by atoms with Crippen molar-refractivity contribution in [3.63, 3.8) is 0 Å². The highest BCUT2D eigenvalue weighted by molar-refractivity contribution is 5.74. The smallest absolute Gasteiger partial charge is 0.193 e. The first-order chi connectivity index (χ1) is 5.34. The fourth-order valence-electron chi connectivity index (χ4n) is 0.702. The molecule has 0 unspecified atom stereocenters. The number of nitrogens with zero attached hydrogens (tertiary/aromatic N) is 1. The standard InChI is InChI=1S/C9H7NO/c1-8-4-5-10-7-9(8)3-2-6-11/h4-7H,1H3. The van der Waals surface area contributed by atoms with E-state index in [1.54, 1.807) is 12.4 Å². The Bertz CT molecular complexity index is 320. The second kappa shape index (κ2) is 3.52. The lowest BCUT2D eigenvalue weighted by Gasteiger charge is -1.92. The van der Waals surface area contributed by atoms with Crippen LogP contribution in [0.4, 0.5) is 0 Å². The first kappa shape index (κ1) is 7.49. The van der Waals surface area contributed by atoms with Crippen LogP contribution in [0.5, 0.6) is 0 Å². The third-order valence-corrected chi connectivity index (χ3v) is 1.30. The predicted molar refractivity (Wildman–Crippen MR) is 41.9 cm³/mol. The molecular formula is C9H7NO. The summed E-state index contributed by atoms with van der Waals surface area (Å²) in [4.78, 5) is 13.8. The highest BCUT2D eigenvalue weighted by Crippen LogP contribution is 2.01. The fourth-order valence-corrected chi connectivity index (χ4v) is 0.702. The lowest BCUT2D eigenvalue weighted by molar-refractivity contribution is -0.103. The van der Waals surface area contributed by atoms with Crippen LogP contribution in [0.1, 0.15) is 11.1 Å². The second-order valence-electron chi connectivity index (χ2n) is 2.08. The lowest BCUT2D eigenvalue weighted by Crippen LogP contribution is -1.82. The van der Waals surface area contributed by atoms with Crippen molar-refractivity contribution in [1.82, 2.24) is 4.98 Å². The molecule has 0 atom stereocenters. The van der Waals surface area contributed by atoms with E-state index in [0.717, 1.165) is 11.1 Å². The van der Waals surface area contributed by atoms with Crippen molar-refractivity contribution in [2.75, 3.05) is 0 Å². The number of aryl methyl sites for hydroxylation is 1. The van der Waals surface area contributed by atoms with Gasteiger partial charge in [0.25, 0.3) is 0 Å². The molecule has 0 aromatic carbocycles. The first-order valence-electron chi connectivity index (χ1n) is 3.20. The van der Waals surface area contributed by atoms with Crippen molar-refractivity contribution in [3.8, 4) is 11.8 Å². The van der Waals surface area contributed by atoms with Crippen LogP contribution in [0.3, 0.4) is 0 Å². The Morgan fingerprint density at radius 1 is 1.64 bits per heavy atom. The van der Waals surface area contributed by atoms with E-state index >= 15 is 0 Å². The Labute approximate surface area is 65.3 Å². The van der Waals surface area contributed by atoms with Gasteiger partial charge in [0.05, 0.1) is 0 Å². The van der Waals surface area contributed by atoms with Crippen LogP contribution < -0.4 is 0 Å². The zero-order valence-electron chi connectivity index (χ0n) is 6.16. The van der Waals surface area contributed by atoms with Crippen molar-refractivity contribution < 1.29 is 4.79 Å². The number of carbonyl (C=O) groups excluding carboxylic acids is 1. The van der Waals surface area contributed by atoms with Crippen LogP contribution in [-0.2, 0) is 4.79 Å². The van der Waals surface area contributed by atoms with Gasteiger partial charge in [-0.3, -0.25) is 9.78 Å². The van der Waals surface area contributed by atoms with E-state index in [9.17, 15) is 4.79 Å². The maximum Gasteiger partial charge on any atom is 0.193 e. The number of pyridine rings is 1. The molecule has 0 aliphatic heterocycles. The van der Waals surface area contributed by atoms with E-state index in [1.165, 1.54) is 0 Å². The molecule has 2 nitrogen and oxygen atoms in total. The Balaban J connectivity index is 3.03. The summed E-state index contributed by atoms with van der Waals surface area (Å²) >= 11 is 0.